The Balaban J connectivity index is 0.00000261. The maximum Gasteiger partial charge on any atom is 0.124 e. The molecule has 0 aliphatic rings. The van der Waals surface area contributed by atoms with Crippen molar-refractivity contribution in [2.24, 2.45) is 0 Å². The van der Waals surface area contributed by atoms with E-state index in [0.29, 0.717) is 6.61 Å². The molecule has 0 atom stereocenters. The lowest BCUT2D eigenvalue weighted by Gasteiger charge is -2.12. The molecule has 0 aliphatic carbocycles. The van der Waals surface area contributed by atoms with Gasteiger partial charge in [0, 0.05) is 23.7 Å². The fraction of sp³-hybridized carbons (Fsp3) is 0.182. The predicted octanol–water partition coefficient (Wildman–Crippen LogP) is 2.22. The zero-order valence-electron chi connectivity index (χ0n) is 15.1. The zero-order valence-corrected chi connectivity index (χ0v) is 16.6. The lowest BCUT2D eigenvalue weighted by atomic mass is 10.1. The van der Waals surface area contributed by atoms with Crippen LogP contribution >= 0.6 is 11.6 Å². The summed E-state index contributed by atoms with van der Waals surface area (Å²) in [6, 6.07) is 23.9. The van der Waals surface area contributed by atoms with Crippen LogP contribution in [0, 0.1) is 0 Å². The minimum absolute atomic E-state index is 0. The molecule has 0 radical (unpaired) electrons. The molecule has 0 saturated carbocycles. The van der Waals surface area contributed by atoms with Gasteiger partial charge < -0.3 is 27.2 Å². The number of nitrogens with one attached hydrogen (secondary N) is 1. The number of ether oxygens (including phenoxy) is 2. The van der Waals surface area contributed by atoms with Crippen molar-refractivity contribution in [3.05, 3.63) is 94.5 Å². The molecule has 3 rings (SSSR count). The monoisotopic (exact) mass is 402 g/mol. The number of halogens is 2. The molecule has 3 aromatic carbocycles. The van der Waals surface area contributed by atoms with Gasteiger partial charge in [-0.15, -0.1) is 0 Å². The average Bonchev–Trinajstić information content (AvgIpc) is 2.69. The summed E-state index contributed by atoms with van der Waals surface area (Å²) in [5.74, 6) is 1.76. The Hall–Kier alpha value is -2.20. The van der Waals surface area contributed by atoms with Crippen LogP contribution in [0.4, 0.5) is 0 Å². The average molecular weight is 403 g/mol. The second kappa shape index (κ2) is 10.8. The minimum atomic E-state index is 0. The molecule has 1 N–H and O–H groups in total. The van der Waals surface area contributed by atoms with E-state index in [-0.39, 0.29) is 12.4 Å². The van der Waals surface area contributed by atoms with Crippen molar-refractivity contribution in [1.82, 2.24) is 5.32 Å². The van der Waals surface area contributed by atoms with Crippen molar-refractivity contribution in [3.63, 3.8) is 0 Å². The van der Waals surface area contributed by atoms with Gasteiger partial charge in [-0.25, -0.2) is 0 Å². The highest BCUT2D eigenvalue weighted by molar-refractivity contribution is 6.30. The maximum absolute atomic E-state index is 6.00. The molecule has 3 aromatic rings. The van der Waals surface area contributed by atoms with Gasteiger partial charge in [0.2, 0.25) is 0 Å². The van der Waals surface area contributed by atoms with Gasteiger partial charge in [0.25, 0.3) is 0 Å². The van der Waals surface area contributed by atoms with E-state index in [9.17, 15) is 0 Å². The summed E-state index contributed by atoms with van der Waals surface area (Å²) in [4.78, 5) is 0. The molecule has 27 heavy (non-hydrogen) atoms. The van der Waals surface area contributed by atoms with E-state index in [4.69, 9.17) is 21.1 Å². The molecular weight excluding hydrogens is 381 g/mol. The summed E-state index contributed by atoms with van der Waals surface area (Å²) in [6.07, 6.45) is 0. The Morgan fingerprint density at radius 3 is 2.19 bits per heavy atom. The summed E-state index contributed by atoms with van der Waals surface area (Å²) in [6.45, 7) is 2.05. The van der Waals surface area contributed by atoms with Crippen LogP contribution in [-0.2, 0) is 19.7 Å². The van der Waals surface area contributed by atoms with Gasteiger partial charge in [-0.3, -0.25) is 0 Å². The molecular formula is C22H22Cl2NO2-. The Labute approximate surface area is 171 Å². The first kappa shape index (κ1) is 21.1. The second-order valence-electron chi connectivity index (χ2n) is 5.97. The molecule has 3 nitrogen and oxygen atoms in total. The van der Waals surface area contributed by atoms with Crippen molar-refractivity contribution >= 4 is 11.6 Å². The summed E-state index contributed by atoms with van der Waals surface area (Å²) < 4.78 is 11.2. The number of hydrogen-bond donors (Lipinski definition) is 1. The first-order valence-corrected chi connectivity index (χ1v) is 8.91. The molecule has 0 unspecified atom stereocenters. The van der Waals surface area contributed by atoms with Gasteiger partial charge in [-0.2, -0.15) is 0 Å². The van der Waals surface area contributed by atoms with Crippen LogP contribution in [0.15, 0.2) is 72.8 Å². The van der Waals surface area contributed by atoms with E-state index in [1.54, 1.807) is 7.11 Å². The highest BCUT2D eigenvalue weighted by Crippen LogP contribution is 2.20. The highest BCUT2D eigenvalue weighted by atomic mass is 35.5. The zero-order chi connectivity index (χ0) is 18.2. The van der Waals surface area contributed by atoms with Crippen molar-refractivity contribution in [3.8, 4) is 11.5 Å². The highest BCUT2D eigenvalue weighted by Gasteiger charge is 2.04. The third-order valence-corrected chi connectivity index (χ3v) is 4.34. The summed E-state index contributed by atoms with van der Waals surface area (Å²) in [5, 5.41) is 4.20. The SMILES string of the molecule is COc1ccc(CNCc2ccccc2OCc2ccc(Cl)cc2)cc1.[Cl-]. The third kappa shape index (κ3) is 6.47. The molecule has 0 heterocycles. The second-order valence-corrected chi connectivity index (χ2v) is 6.41. The number of rotatable bonds is 8. The largest absolute Gasteiger partial charge is 1.00 e. The van der Waals surface area contributed by atoms with Gasteiger partial charge >= 0.3 is 0 Å². The van der Waals surface area contributed by atoms with Crippen LogP contribution in [0.3, 0.4) is 0 Å². The Kier molecular flexibility index (Phi) is 8.46. The molecule has 0 aromatic heterocycles. The molecule has 0 aliphatic heterocycles. The predicted molar refractivity (Wildman–Crippen MR) is 106 cm³/mol. The van der Waals surface area contributed by atoms with Crippen LogP contribution in [0.5, 0.6) is 11.5 Å². The van der Waals surface area contributed by atoms with E-state index in [2.05, 4.69) is 23.5 Å². The van der Waals surface area contributed by atoms with Crippen molar-refractivity contribution in [1.29, 1.82) is 0 Å². The van der Waals surface area contributed by atoms with Crippen LogP contribution < -0.4 is 27.2 Å². The molecule has 142 valence electrons. The fourth-order valence-electron chi connectivity index (χ4n) is 2.62. The van der Waals surface area contributed by atoms with Crippen molar-refractivity contribution < 1.29 is 21.9 Å². The lowest BCUT2D eigenvalue weighted by Crippen LogP contribution is -3.00. The van der Waals surface area contributed by atoms with Gasteiger partial charge in [-0.05, 0) is 41.5 Å². The van der Waals surface area contributed by atoms with Crippen molar-refractivity contribution in [2.45, 2.75) is 19.7 Å². The minimum Gasteiger partial charge on any atom is -1.00 e. The molecule has 0 bridgehead atoms. The van der Waals surface area contributed by atoms with Crippen LogP contribution in [0.25, 0.3) is 0 Å². The number of methoxy groups -OCH3 is 1. The Bertz CT molecular complexity index is 820. The Morgan fingerprint density at radius 1 is 0.815 bits per heavy atom. The van der Waals surface area contributed by atoms with E-state index >= 15 is 0 Å². The van der Waals surface area contributed by atoms with Gasteiger partial charge in [0.05, 0.1) is 7.11 Å². The molecule has 0 spiro atoms. The number of para-hydroxylation sites is 1. The normalized spacial score (nSPS) is 10.1. The fourth-order valence-corrected chi connectivity index (χ4v) is 2.74. The maximum atomic E-state index is 6.00. The first-order chi connectivity index (χ1) is 12.7. The summed E-state index contributed by atoms with van der Waals surface area (Å²) in [7, 11) is 1.67. The standard InChI is InChI=1S/C22H22ClNO2.ClH/c1-25-21-12-8-17(9-13-21)14-24-15-19-4-2-3-5-22(19)26-16-18-6-10-20(23)11-7-18;/h2-13,24H,14-16H2,1H3;1H/p-1. The molecule has 0 saturated heterocycles. The van der Waals surface area contributed by atoms with Crippen LogP contribution in [0.2, 0.25) is 5.02 Å². The Morgan fingerprint density at radius 2 is 1.48 bits per heavy atom. The summed E-state index contributed by atoms with van der Waals surface area (Å²) in [5.41, 5.74) is 3.44. The van der Waals surface area contributed by atoms with Crippen LogP contribution in [-0.4, -0.2) is 7.11 Å². The van der Waals surface area contributed by atoms with Gasteiger partial charge in [0.1, 0.15) is 18.1 Å². The quantitative estimate of drug-likeness (QED) is 0.626. The topological polar surface area (TPSA) is 30.5 Å². The smallest absolute Gasteiger partial charge is 0.124 e. The number of benzene rings is 3. The lowest BCUT2D eigenvalue weighted by molar-refractivity contribution is -0.00000580. The van der Waals surface area contributed by atoms with Crippen molar-refractivity contribution in [2.75, 3.05) is 7.11 Å². The number of hydrogen-bond acceptors (Lipinski definition) is 3. The van der Waals surface area contributed by atoms with E-state index in [1.165, 1.54) is 5.56 Å². The van der Waals surface area contributed by atoms with Gasteiger partial charge in [-0.1, -0.05) is 54.1 Å². The third-order valence-electron chi connectivity index (χ3n) is 4.08. The first-order valence-electron chi connectivity index (χ1n) is 8.53. The van der Waals surface area contributed by atoms with E-state index in [1.807, 2.05) is 54.6 Å². The van der Waals surface area contributed by atoms with Crippen LogP contribution in [0.1, 0.15) is 16.7 Å². The van der Waals surface area contributed by atoms with Gasteiger partial charge in [0.15, 0.2) is 0 Å². The van der Waals surface area contributed by atoms with E-state index in [0.717, 1.165) is 40.7 Å². The molecule has 0 amide bonds. The molecule has 5 heteroatoms. The summed E-state index contributed by atoms with van der Waals surface area (Å²) >= 11 is 5.92. The van der Waals surface area contributed by atoms with E-state index < -0.39 is 0 Å². The molecule has 0 fully saturated rings.